The van der Waals surface area contributed by atoms with Gasteiger partial charge in [-0.1, -0.05) is 188 Å². The summed E-state index contributed by atoms with van der Waals surface area (Å²) >= 11 is 1.89. The smallest absolute Gasteiger partial charge is 0.177 e. The van der Waals surface area contributed by atoms with E-state index in [1.807, 2.05) is 11.8 Å². The van der Waals surface area contributed by atoms with E-state index in [2.05, 4.69) is 193 Å². The highest BCUT2D eigenvalue weighted by atomic mass is 32.2. The summed E-state index contributed by atoms with van der Waals surface area (Å²) in [6.45, 7) is 0. The van der Waals surface area contributed by atoms with Crippen LogP contribution in [0.2, 0.25) is 0 Å². The first-order valence-corrected chi connectivity index (χ1v) is 20.3. The Kier molecular flexibility index (Phi) is 5.96. The van der Waals surface area contributed by atoms with E-state index in [0.29, 0.717) is 0 Å². The summed E-state index contributed by atoms with van der Waals surface area (Å²) in [6, 6.07) is 62.4. The molecule has 0 aromatic heterocycles. The zero-order chi connectivity index (χ0) is 36.6. The van der Waals surface area contributed by atoms with Gasteiger partial charge in [-0.15, -0.1) is 0 Å². The molecule has 2 unspecified atom stereocenters. The molecule has 7 aromatic rings. The van der Waals surface area contributed by atoms with E-state index < -0.39 is 5.66 Å². The highest BCUT2D eigenvalue weighted by Crippen LogP contribution is 2.78. The van der Waals surface area contributed by atoms with Gasteiger partial charge in [0.05, 0.1) is 10.8 Å². The van der Waals surface area contributed by atoms with Crippen molar-refractivity contribution in [2.75, 3.05) is 0 Å². The van der Waals surface area contributed by atoms with Gasteiger partial charge in [-0.25, -0.2) is 9.98 Å². The molecule has 262 valence electrons. The van der Waals surface area contributed by atoms with Crippen LogP contribution in [0.3, 0.4) is 0 Å². The number of hydrogen-bond acceptors (Lipinski definition) is 4. The van der Waals surface area contributed by atoms with E-state index in [1.54, 1.807) is 0 Å². The Labute approximate surface area is 329 Å². The van der Waals surface area contributed by atoms with E-state index in [9.17, 15) is 0 Å². The predicted molar refractivity (Wildman–Crippen MR) is 228 cm³/mol. The van der Waals surface area contributed by atoms with Crippen molar-refractivity contribution >= 4 is 23.4 Å². The summed E-state index contributed by atoms with van der Waals surface area (Å²) in [5, 5.41) is 3.65. The average molecular weight is 732 g/mol. The number of allylic oxidation sites excluding steroid dienone is 2. The van der Waals surface area contributed by atoms with Crippen molar-refractivity contribution in [3.05, 3.63) is 232 Å². The van der Waals surface area contributed by atoms with E-state index in [4.69, 9.17) is 9.98 Å². The molecule has 1 fully saturated rings. The first-order valence-electron chi connectivity index (χ1n) is 19.5. The number of nitrogens with one attached hydrogen (secondary N) is 1. The monoisotopic (exact) mass is 731 g/mol. The minimum atomic E-state index is -0.711. The lowest BCUT2D eigenvalue weighted by atomic mass is 9.70. The standard InChI is InChI=1S/C52H33N3S/c1-3-15-32(16-4-1)48-53-49(33-17-5-2-6-18-33)55-52(54-48)45-27-14-28-46-51(45,52)43-31-34(29-30-44(43)56-46)35-22-13-26-42-47(35)38-21-9-12-25-41(38)50(42)39-23-10-7-19-36(39)37-20-8-11-24-40(37)50/h1-31,45H,(H,53,54,55). The van der Waals surface area contributed by atoms with Crippen LogP contribution in [-0.2, 0) is 10.8 Å². The van der Waals surface area contributed by atoms with Crippen LogP contribution >= 0.6 is 11.8 Å². The summed E-state index contributed by atoms with van der Waals surface area (Å²) in [4.78, 5) is 13.9. The van der Waals surface area contributed by atoms with Gasteiger partial charge in [0.1, 0.15) is 11.7 Å². The Balaban J connectivity index is 1.03. The van der Waals surface area contributed by atoms with Crippen LogP contribution < -0.4 is 5.32 Å². The molecular formula is C52H33N3S. The van der Waals surface area contributed by atoms with Crippen LogP contribution in [0.25, 0.3) is 33.4 Å². The zero-order valence-electron chi connectivity index (χ0n) is 30.3. The molecule has 2 aliphatic heterocycles. The molecular weight excluding hydrogens is 699 g/mol. The summed E-state index contributed by atoms with van der Waals surface area (Å²) in [6.07, 6.45) is 6.88. The average Bonchev–Trinajstić information content (AvgIpc) is 3.52. The Bertz CT molecular complexity index is 2890. The largest absolute Gasteiger partial charge is 0.324 e. The van der Waals surface area contributed by atoms with E-state index in [0.717, 1.165) is 22.8 Å². The number of fused-ring (bicyclic) bond motifs is 12. The topological polar surface area (TPSA) is 36.8 Å². The minimum Gasteiger partial charge on any atom is -0.324 e. The first-order chi connectivity index (χ1) is 27.7. The molecule has 2 heterocycles. The number of hydrogen-bond donors (Lipinski definition) is 1. The third-order valence-electron chi connectivity index (χ3n) is 13.2. The van der Waals surface area contributed by atoms with Gasteiger partial charge in [-0.2, -0.15) is 0 Å². The SMILES string of the molecule is C1=CC2C3(N=C(c4ccccc4)NC(c4ccccc4)=N3)C23C(=C1)Sc1ccc(-c2cccc4c2-c2ccccc2C42c4ccccc4-c4ccccc42)cc13. The second-order valence-electron chi connectivity index (χ2n) is 15.6. The number of thioether (sulfide) groups is 1. The molecule has 1 N–H and O–H groups in total. The molecule has 4 aliphatic carbocycles. The van der Waals surface area contributed by atoms with E-state index >= 15 is 0 Å². The van der Waals surface area contributed by atoms with Gasteiger partial charge < -0.3 is 5.32 Å². The van der Waals surface area contributed by atoms with Crippen molar-refractivity contribution in [2.45, 2.75) is 21.4 Å². The molecule has 7 aromatic carbocycles. The number of benzene rings is 7. The Morgan fingerprint density at radius 2 is 1.04 bits per heavy atom. The molecule has 1 saturated carbocycles. The zero-order valence-corrected chi connectivity index (χ0v) is 31.1. The third-order valence-corrected chi connectivity index (χ3v) is 14.4. The van der Waals surface area contributed by atoms with Gasteiger partial charge in [0.25, 0.3) is 0 Å². The van der Waals surface area contributed by atoms with Gasteiger partial charge in [0.2, 0.25) is 0 Å². The normalized spacial score (nSPS) is 21.4. The maximum Gasteiger partial charge on any atom is 0.177 e. The maximum absolute atomic E-state index is 5.64. The van der Waals surface area contributed by atoms with Crippen LogP contribution in [0.15, 0.2) is 208 Å². The maximum atomic E-state index is 5.64. The van der Waals surface area contributed by atoms with Gasteiger partial charge >= 0.3 is 0 Å². The van der Waals surface area contributed by atoms with E-state index in [-0.39, 0.29) is 16.7 Å². The molecule has 13 rings (SSSR count). The van der Waals surface area contributed by atoms with Crippen LogP contribution in [0.5, 0.6) is 0 Å². The minimum absolute atomic E-state index is 0.0931. The summed E-state index contributed by atoms with van der Waals surface area (Å²) < 4.78 is 0. The van der Waals surface area contributed by atoms with Crippen molar-refractivity contribution in [1.29, 1.82) is 0 Å². The third kappa shape index (κ3) is 3.62. The number of nitrogens with zero attached hydrogens (tertiary/aromatic N) is 2. The van der Waals surface area contributed by atoms with Crippen LogP contribution in [-0.4, -0.2) is 17.3 Å². The second-order valence-corrected chi connectivity index (χ2v) is 16.7. The van der Waals surface area contributed by atoms with Gasteiger partial charge in [-0.3, -0.25) is 0 Å². The lowest BCUT2D eigenvalue weighted by Crippen LogP contribution is -2.40. The number of rotatable bonds is 3. The van der Waals surface area contributed by atoms with Crippen molar-refractivity contribution in [2.24, 2.45) is 15.9 Å². The van der Waals surface area contributed by atoms with Crippen molar-refractivity contribution in [3.8, 4) is 33.4 Å². The van der Waals surface area contributed by atoms with Crippen molar-refractivity contribution < 1.29 is 0 Å². The summed E-state index contributed by atoms with van der Waals surface area (Å²) in [5.74, 6) is 1.83. The van der Waals surface area contributed by atoms with Crippen LogP contribution in [0, 0.1) is 5.92 Å². The molecule has 0 radical (unpaired) electrons. The van der Waals surface area contributed by atoms with Gasteiger partial charge in [0.15, 0.2) is 5.66 Å². The first kappa shape index (κ1) is 30.8. The van der Waals surface area contributed by atoms with Crippen LogP contribution in [0.4, 0.5) is 0 Å². The molecule has 0 bridgehead atoms. The fourth-order valence-electron chi connectivity index (χ4n) is 11.0. The summed E-state index contributed by atoms with van der Waals surface area (Å²) in [7, 11) is 0. The Morgan fingerprint density at radius 1 is 0.482 bits per heavy atom. The lowest BCUT2D eigenvalue weighted by molar-refractivity contribution is 0.611. The van der Waals surface area contributed by atoms with Gasteiger partial charge in [0, 0.05) is 26.8 Å². The molecule has 3 nitrogen and oxygen atoms in total. The number of amidine groups is 2. The fourth-order valence-corrected chi connectivity index (χ4v) is 12.4. The summed E-state index contributed by atoms with van der Waals surface area (Å²) in [5.41, 5.74) is 15.2. The highest BCUT2D eigenvalue weighted by Gasteiger charge is 2.82. The van der Waals surface area contributed by atoms with Crippen LogP contribution in [0.1, 0.15) is 38.9 Å². The fraction of sp³-hybridized carbons (Fsp3) is 0.0769. The van der Waals surface area contributed by atoms with Crippen molar-refractivity contribution in [1.82, 2.24) is 5.32 Å². The molecule has 56 heavy (non-hydrogen) atoms. The lowest BCUT2D eigenvalue weighted by Gasteiger charge is -2.30. The Hall–Kier alpha value is -6.49. The molecule has 0 saturated heterocycles. The molecule has 6 aliphatic rings. The molecule has 4 heteroatoms. The quantitative estimate of drug-likeness (QED) is 0.196. The highest BCUT2D eigenvalue weighted by molar-refractivity contribution is 8.03. The van der Waals surface area contributed by atoms with Gasteiger partial charge in [-0.05, 0) is 73.3 Å². The molecule has 2 atom stereocenters. The predicted octanol–water partition coefficient (Wildman–Crippen LogP) is 11.3. The Morgan fingerprint density at radius 3 is 1.70 bits per heavy atom. The molecule has 0 amide bonds. The number of aliphatic imine (C=N–C) groups is 2. The second kappa shape index (κ2) is 10.8. The molecule has 3 spiro atoms. The van der Waals surface area contributed by atoms with E-state index in [1.165, 1.54) is 71.0 Å². The van der Waals surface area contributed by atoms with Crippen molar-refractivity contribution in [3.63, 3.8) is 0 Å².